The normalized spacial score (nSPS) is 19.4. The predicted molar refractivity (Wildman–Crippen MR) is 155 cm³/mol. The minimum atomic E-state index is -0.244. The van der Waals surface area contributed by atoms with Crippen LogP contribution in [0.1, 0.15) is 43.2 Å². The Morgan fingerprint density at radius 3 is 1.44 bits per heavy atom. The number of hydrogen-bond donors (Lipinski definition) is 6. The summed E-state index contributed by atoms with van der Waals surface area (Å²) in [5.41, 5.74) is 1.21. The van der Waals surface area contributed by atoms with E-state index in [0.717, 1.165) is 32.1 Å². The molecule has 0 saturated carbocycles. The summed E-state index contributed by atoms with van der Waals surface area (Å²) in [6.07, 6.45) is 8.09. The van der Waals surface area contributed by atoms with Gasteiger partial charge in [0.15, 0.2) is 33.3 Å². The Labute approximate surface area is 233 Å². The molecule has 6 N–H and O–H groups in total. The summed E-state index contributed by atoms with van der Waals surface area (Å²) >= 11 is 2.49. The van der Waals surface area contributed by atoms with Crippen molar-refractivity contribution in [3.05, 3.63) is 57.3 Å². The number of hydrogen-bond acceptors (Lipinski definition) is 10. The maximum Gasteiger partial charge on any atom is 0.264 e. The maximum absolute atomic E-state index is 12.2. The molecular formula is C27H28N4O6S2. The molecule has 2 amide bonds. The molecule has 10 nitrogen and oxygen atoms in total. The van der Waals surface area contributed by atoms with Gasteiger partial charge in [-0.3, -0.25) is 19.6 Å². The summed E-state index contributed by atoms with van der Waals surface area (Å²) in [6.45, 7) is 1.21. The molecule has 2 heterocycles. The van der Waals surface area contributed by atoms with E-state index >= 15 is 0 Å². The number of aromatic hydroxyl groups is 4. The number of phenols is 4. The first-order chi connectivity index (χ1) is 18.8. The second-order valence-corrected chi connectivity index (χ2v) is 10.8. The van der Waals surface area contributed by atoms with E-state index in [4.69, 9.17) is 0 Å². The van der Waals surface area contributed by atoms with E-state index in [-0.39, 0.29) is 34.8 Å². The molecular weight excluding hydrogens is 540 g/mol. The largest absolute Gasteiger partial charge is 0.504 e. The molecule has 0 aromatic heterocycles. The lowest BCUT2D eigenvalue weighted by molar-refractivity contribution is -0.116. The molecule has 4 rings (SSSR count). The van der Waals surface area contributed by atoms with Gasteiger partial charge in [-0.15, -0.1) is 0 Å². The number of rotatable bonds is 10. The van der Waals surface area contributed by atoms with Crippen molar-refractivity contribution in [3.8, 4) is 23.0 Å². The third kappa shape index (κ3) is 8.04. The molecule has 0 spiro atoms. The second-order valence-electron chi connectivity index (χ2n) is 8.77. The van der Waals surface area contributed by atoms with E-state index in [0.29, 0.717) is 44.4 Å². The SMILES string of the molecule is O=C1NC(=NCCCCCCCN=C2NC(=O)/C(=C/c3ccc(O)c(O)c3)S2)S/C1=C\c1ccc(O)c(O)c1. The summed E-state index contributed by atoms with van der Waals surface area (Å²) in [7, 11) is 0. The number of phenolic OH excluding ortho intramolecular Hbond substituents is 4. The topological polar surface area (TPSA) is 164 Å². The van der Waals surface area contributed by atoms with Crippen LogP contribution in [0.25, 0.3) is 12.2 Å². The highest BCUT2D eigenvalue weighted by molar-refractivity contribution is 8.19. The van der Waals surface area contributed by atoms with Crippen molar-refractivity contribution in [1.82, 2.24) is 10.6 Å². The fourth-order valence-electron chi connectivity index (χ4n) is 3.68. The predicted octanol–water partition coefficient (Wildman–Crippen LogP) is 4.28. The lowest BCUT2D eigenvalue weighted by Crippen LogP contribution is -2.20. The van der Waals surface area contributed by atoms with E-state index in [2.05, 4.69) is 20.6 Å². The van der Waals surface area contributed by atoms with Crippen molar-refractivity contribution in [3.63, 3.8) is 0 Å². The lowest BCUT2D eigenvalue weighted by Gasteiger charge is -2.00. The fourth-order valence-corrected chi connectivity index (χ4v) is 5.37. The number of benzene rings is 2. The van der Waals surface area contributed by atoms with Crippen molar-refractivity contribution in [2.24, 2.45) is 9.98 Å². The van der Waals surface area contributed by atoms with Crippen LogP contribution in [0.2, 0.25) is 0 Å². The summed E-state index contributed by atoms with van der Waals surface area (Å²) in [6, 6.07) is 8.74. The summed E-state index contributed by atoms with van der Waals surface area (Å²) < 4.78 is 0. The molecule has 0 aliphatic carbocycles. The van der Waals surface area contributed by atoms with Gasteiger partial charge in [0.2, 0.25) is 0 Å². The van der Waals surface area contributed by atoms with Crippen molar-refractivity contribution in [2.45, 2.75) is 32.1 Å². The Kier molecular flexibility index (Phi) is 9.55. The summed E-state index contributed by atoms with van der Waals surface area (Å²) in [5.74, 6) is -1.40. The lowest BCUT2D eigenvalue weighted by atomic mass is 10.1. The van der Waals surface area contributed by atoms with Crippen molar-refractivity contribution in [2.75, 3.05) is 13.1 Å². The number of nitrogens with one attached hydrogen (secondary N) is 2. The summed E-state index contributed by atoms with van der Waals surface area (Å²) in [4.78, 5) is 34.2. The van der Waals surface area contributed by atoms with Gasteiger partial charge in [-0.25, -0.2) is 0 Å². The Bertz CT molecular complexity index is 1280. The van der Waals surface area contributed by atoms with Crippen LogP contribution in [0, 0.1) is 0 Å². The molecule has 12 heteroatoms. The van der Waals surface area contributed by atoms with Gasteiger partial charge in [0, 0.05) is 13.1 Å². The van der Waals surface area contributed by atoms with Crippen molar-refractivity contribution in [1.29, 1.82) is 0 Å². The van der Waals surface area contributed by atoms with Crippen LogP contribution in [0.3, 0.4) is 0 Å². The van der Waals surface area contributed by atoms with Crippen molar-refractivity contribution >= 4 is 57.8 Å². The third-order valence-corrected chi connectivity index (χ3v) is 7.62. The molecule has 2 fully saturated rings. The average molecular weight is 569 g/mol. The zero-order valence-electron chi connectivity index (χ0n) is 20.9. The monoisotopic (exact) mass is 568 g/mol. The maximum atomic E-state index is 12.2. The smallest absolute Gasteiger partial charge is 0.264 e. The highest BCUT2D eigenvalue weighted by atomic mass is 32.2. The molecule has 204 valence electrons. The molecule has 0 atom stereocenters. The van der Waals surface area contributed by atoms with Gasteiger partial charge in [-0.1, -0.05) is 31.4 Å². The number of nitrogens with zero attached hydrogens (tertiary/aromatic N) is 2. The number of unbranched alkanes of at least 4 members (excludes halogenated alkanes) is 4. The number of amides is 2. The van der Waals surface area contributed by atoms with Gasteiger partial charge in [0.05, 0.1) is 9.81 Å². The van der Waals surface area contributed by atoms with Crippen LogP contribution in [0.5, 0.6) is 23.0 Å². The number of carbonyl (C=O) groups excluding carboxylic acids is 2. The molecule has 2 saturated heterocycles. The number of aliphatic imine (C=N–C) groups is 2. The second kappa shape index (κ2) is 13.3. The first kappa shape index (κ1) is 28.1. The Balaban J connectivity index is 1.12. The van der Waals surface area contributed by atoms with Crippen LogP contribution < -0.4 is 10.6 Å². The Hall–Kier alpha value is -3.90. The van der Waals surface area contributed by atoms with Crippen LogP contribution in [-0.2, 0) is 9.59 Å². The molecule has 2 aliphatic rings. The van der Waals surface area contributed by atoms with Gasteiger partial charge in [0.25, 0.3) is 11.8 Å². The minimum absolute atomic E-state index is 0.213. The highest BCUT2D eigenvalue weighted by Crippen LogP contribution is 2.31. The quantitative estimate of drug-likeness (QED) is 0.140. The Morgan fingerprint density at radius 2 is 1.03 bits per heavy atom. The average Bonchev–Trinajstić information content (AvgIpc) is 3.43. The molecule has 0 bridgehead atoms. The first-order valence-electron chi connectivity index (χ1n) is 12.3. The highest BCUT2D eigenvalue weighted by Gasteiger charge is 2.24. The standard InChI is InChI=1S/C27H28N4O6S2/c32-18-8-6-16(12-20(18)34)14-22-24(36)30-26(38-22)28-10-4-2-1-3-5-11-29-27-31-25(37)23(39-27)15-17-7-9-19(33)21(35)13-17/h6-9,12-15,32-35H,1-5,10-11H2,(H,28,30,36)(H,29,31,37)/b22-14-,23-15-. The van der Waals surface area contributed by atoms with Crippen LogP contribution in [-0.4, -0.2) is 55.7 Å². The van der Waals surface area contributed by atoms with E-state index < -0.39 is 0 Å². The number of thioether (sulfide) groups is 2. The molecule has 2 aromatic rings. The zero-order valence-corrected chi connectivity index (χ0v) is 22.5. The molecule has 2 aliphatic heterocycles. The van der Waals surface area contributed by atoms with E-state index in [1.165, 1.54) is 47.8 Å². The fraction of sp³-hybridized carbons (Fsp3) is 0.259. The van der Waals surface area contributed by atoms with Crippen LogP contribution in [0.4, 0.5) is 0 Å². The van der Waals surface area contributed by atoms with Crippen LogP contribution in [0.15, 0.2) is 56.2 Å². The van der Waals surface area contributed by atoms with Gasteiger partial charge in [-0.2, -0.15) is 0 Å². The van der Waals surface area contributed by atoms with Crippen LogP contribution >= 0.6 is 23.5 Å². The van der Waals surface area contributed by atoms with Gasteiger partial charge >= 0.3 is 0 Å². The van der Waals surface area contributed by atoms with Gasteiger partial charge in [-0.05, 0) is 83.9 Å². The molecule has 2 aromatic carbocycles. The van der Waals surface area contributed by atoms with E-state index in [9.17, 15) is 30.0 Å². The van der Waals surface area contributed by atoms with E-state index in [1.807, 2.05) is 0 Å². The molecule has 0 unspecified atom stereocenters. The number of amidine groups is 2. The third-order valence-electron chi connectivity index (χ3n) is 5.72. The van der Waals surface area contributed by atoms with Gasteiger partial charge in [0.1, 0.15) is 0 Å². The molecule has 0 radical (unpaired) electrons. The first-order valence-corrected chi connectivity index (χ1v) is 14.0. The van der Waals surface area contributed by atoms with Gasteiger partial charge < -0.3 is 31.1 Å². The Morgan fingerprint density at radius 1 is 0.615 bits per heavy atom. The van der Waals surface area contributed by atoms with Crippen molar-refractivity contribution < 1.29 is 30.0 Å². The zero-order chi connectivity index (χ0) is 27.8. The summed E-state index contributed by atoms with van der Waals surface area (Å²) in [5, 5.41) is 44.6. The number of carbonyl (C=O) groups is 2. The molecule has 39 heavy (non-hydrogen) atoms. The van der Waals surface area contributed by atoms with E-state index in [1.54, 1.807) is 24.3 Å². The minimum Gasteiger partial charge on any atom is -0.504 e.